The highest BCUT2D eigenvalue weighted by atomic mass is 32.2. The van der Waals surface area contributed by atoms with Gasteiger partial charge in [0.2, 0.25) is 0 Å². The van der Waals surface area contributed by atoms with Gasteiger partial charge >= 0.3 is 5.97 Å². The maximum atomic E-state index is 11.5. The number of carboxylic acid groups (broad SMARTS) is 1. The number of methoxy groups -OCH3 is 1. The van der Waals surface area contributed by atoms with Crippen molar-refractivity contribution in [3.8, 4) is 0 Å². The van der Waals surface area contributed by atoms with Crippen molar-refractivity contribution >= 4 is 23.6 Å². The molecule has 0 radical (unpaired) electrons. The van der Waals surface area contributed by atoms with Crippen LogP contribution in [0.1, 0.15) is 20.3 Å². The van der Waals surface area contributed by atoms with Gasteiger partial charge in [-0.15, -0.1) is 0 Å². The van der Waals surface area contributed by atoms with Crippen LogP contribution in [-0.2, 0) is 14.3 Å². The molecular formula is C10H19NO4S. The first kappa shape index (κ1) is 15.2. The lowest BCUT2D eigenvalue weighted by Crippen LogP contribution is -2.44. The summed E-state index contributed by atoms with van der Waals surface area (Å²) in [5.74, 6) is 0.323. The third kappa shape index (κ3) is 6.68. The molecule has 0 aromatic carbocycles. The lowest BCUT2D eigenvalue weighted by atomic mass is 10.1. The smallest absolute Gasteiger partial charge is 0.304 e. The summed E-state index contributed by atoms with van der Waals surface area (Å²) in [7, 11) is 1.49. The number of rotatable bonds is 8. The molecule has 0 aromatic rings. The van der Waals surface area contributed by atoms with Gasteiger partial charge in [-0.2, -0.15) is 11.8 Å². The van der Waals surface area contributed by atoms with Crippen molar-refractivity contribution < 1.29 is 19.4 Å². The van der Waals surface area contributed by atoms with Crippen molar-refractivity contribution in [3.63, 3.8) is 0 Å². The molecule has 2 N–H and O–H groups in total. The van der Waals surface area contributed by atoms with E-state index in [4.69, 9.17) is 9.84 Å². The van der Waals surface area contributed by atoms with E-state index < -0.39 is 11.6 Å². The number of ether oxygens (including phenoxy) is 1. The Hall–Kier alpha value is -0.750. The first-order chi connectivity index (χ1) is 7.40. The predicted octanol–water partition coefficient (Wildman–Crippen LogP) is 0.735. The van der Waals surface area contributed by atoms with Gasteiger partial charge in [-0.3, -0.25) is 9.59 Å². The fourth-order valence-corrected chi connectivity index (χ4v) is 1.57. The van der Waals surface area contributed by atoms with Crippen molar-refractivity contribution in [2.24, 2.45) is 0 Å². The SMILES string of the molecule is COC(C)(C)C(=O)NCCSCCC(=O)O. The lowest BCUT2D eigenvalue weighted by Gasteiger charge is -2.21. The van der Waals surface area contributed by atoms with E-state index in [2.05, 4.69) is 5.32 Å². The minimum Gasteiger partial charge on any atom is -0.481 e. The summed E-state index contributed by atoms with van der Waals surface area (Å²) >= 11 is 1.51. The zero-order valence-corrected chi connectivity index (χ0v) is 10.7. The number of amides is 1. The molecule has 94 valence electrons. The number of carbonyl (C=O) groups is 2. The summed E-state index contributed by atoms with van der Waals surface area (Å²) in [6, 6.07) is 0. The second-order valence-electron chi connectivity index (χ2n) is 3.73. The Balaban J connectivity index is 3.52. The van der Waals surface area contributed by atoms with Crippen LogP contribution in [0.4, 0.5) is 0 Å². The van der Waals surface area contributed by atoms with Crippen LogP contribution >= 0.6 is 11.8 Å². The molecule has 0 aliphatic heterocycles. The van der Waals surface area contributed by atoms with Gasteiger partial charge in [-0.1, -0.05) is 0 Å². The van der Waals surface area contributed by atoms with Crippen molar-refractivity contribution in [3.05, 3.63) is 0 Å². The number of carboxylic acids is 1. The van der Waals surface area contributed by atoms with Gasteiger partial charge in [-0.05, 0) is 13.8 Å². The first-order valence-corrected chi connectivity index (χ1v) is 6.18. The van der Waals surface area contributed by atoms with E-state index in [0.717, 1.165) is 0 Å². The van der Waals surface area contributed by atoms with E-state index in [9.17, 15) is 9.59 Å². The Kier molecular flexibility index (Phi) is 7.16. The number of carbonyl (C=O) groups excluding carboxylic acids is 1. The molecule has 0 fully saturated rings. The number of hydrogen-bond acceptors (Lipinski definition) is 4. The van der Waals surface area contributed by atoms with E-state index in [-0.39, 0.29) is 12.3 Å². The highest BCUT2D eigenvalue weighted by molar-refractivity contribution is 7.99. The Labute approximate surface area is 99.9 Å². The number of hydrogen-bond donors (Lipinski definition) is 2. The van der Waals surface area contributed by atoms with Crippen LogP contribution in [0.15, 0.2) is 0 Å². The first-order valence-electron chi connectivity index (χ1n) is 5.03. The third-order valence-corrected chi connectivity index (χ3v) is 3.03. The molecule has 0 spiro atoms. The van der Waals surface area contributed by atoms with E-state index in [0.29, 0.717) is 18.1 Å². The van der Waals surface area contributed by atoms with Gasteiger partial charge < -0.3 is 15.2 Å². The van der Waals surface area contributed by atoms with Crippen LogP contribution in [0, 0.1) is 0 Å². The molecular weight excluding hydrogens is 230 g/mol. The van der Waals surface area contributed by atoms with Gasteiger partial charge in [-0.25, -0.2) is 0 Å². The lowest BCUT2D eigenvalue weighted by molar-refractivity contribution is -0.139. The molecule has 5 nitrogen and oxygen atoms in total. The maximum Gasteiger partial charge on any atom is 0.304 e. The Morgan fingerprint density at radius 3 is 2.50 bits per heavy atom. The second-order valence-corrected chi connectivity index (χ2v) is 4.95. The van der Waals surface area contributed by atoms with Crippen LogP contribution in [0.25, 0.3) is 0 Å². The minimum atomic E-state index is -0.814. The Morgan fingerprint density at radius 2 is 2.00 bits per heavy atom. The number of nitrogens with one attached hydrogen (secondary N) is 1. The third-order valence-electron chi connectivity index (χ3n) is 2.05. The maximum absolute atomic E-state index is 11.5. The summed E-state index contributed by atoms with van der Waals surface area (Å²) in [4.78, 5) is 21.7. The number of aliphatic carboxylic acids is 1. The van der Waals surface area contributed by atoms with Crippen molar-refractivity contribution in [1.82, 2.24) is 5.32 Å². The number of thioether (sulfide) groups is 1. The minimum absolute atomic E-state index is 0.155. The highest BCUT2D eigenvalue weighted by Gasteiger charge is 2.26. The van der Waals surface area contributed by atoms with Crippen molar-refractivity contribution in [1.29, 1.82) is 0 Å². The molecule has 6 heteroatoms. The predicted molar refractivity (Wildman–Crippen MR) is 63.7 cm³/mol. The summed E-state index contributed by atoms with van der Waals surface area (Å²) in [5, 5.41) is 11.1. The fraction of sp³-hybridized carbons (Fsp3) is 0.800. The molecule has 0 heterocycles. The van der Waals surface area contributed by atoms with Gasteiger partial charge in [0.1, 0.15) is 5.60 Å². The van der Waals surface area contributed by atoms with Gasteiger partial charge in [0.05, 0.1) is 6.42 Å². The molecule has 0 aliphatic rings. The summed E-state index contributed by atoms with van der Waals surface area (Å²) < 4.78 is 5.01. The van der Waals surface area contributed by atoms with E-state index >= 15 is 0 Å². The van der Waals surface area contributed by atoms with Crippen LogP contribution in [0.5, 0.6) is 0 Å². The Morgan fingerprint density at radius 1 is 1.38 bits per heavy atom. The van der Waals surface area contributed by atoms with E-state index in [1.165, 1.54) is 18.9 Å². The van der Waals surface area contributed by atoms with Crippen molar-refractivity contribution in [2.75, 3.05) is 25.2 Å². The average molecular weight is 249 g/mol. The summed E-state index contributed by atoms with van der Waals surface area (Å²) in [6.07, 6.45) is 0.155. The van der Waals surface area contributed by atoms with Crippen LogP contribution in [-0.4, -0.2) is 47.7 Å². The summed E-state index contributed by atoms with van der Waals surface area (Å²) in [6.45, 7) is 3.91. The largest absolute Gasteiger partial charge is 0.481 e. The monoisotopic (exact) mass is 249 g/mol. The Bertz CT molecular complexity index is 243. The molecule has 0 unspecified atom stereocenters. The quantitative estimate of drug-likeness (QED) is 0.620. The second kappa shape index (κ2) is 7.51. The zero-order valence-electron chi connectivity index (χ0n) is 9.91. The zero-order chi connectivity index (χ0) is 12.6. The summed E-state index contributed by atoms with van der Waals surface area (Å²) in [5.41, 5.74) is -0.814. The topological polar surface area (TPSA) is 75.6 Å². The van der Waals surface area contributed by atoms with Crippen LogP contribution in [0.3, 0.4) is 0 Å². The van der Waals surface area contributed by atoms with Crippen molar-refractivity contribution in [2.45, 2.75) is 25.9 Å². The molecule has 0 bridgehead atoms. The molecule has 0 aromatic heterocycles. The molecule has 1 amide bonds. The highest BCUT2D eigenvalue weighted by Crippen LogP contribution is 2.07. The molecule has 16 heavy (non-hydrogen) atoms. The van der Waals surface area contributed by atoms with Gasteiger partial charge in [0.15, 0.2) is 0 Å². The molecule has 0 aliphatic carbocycles. The van der Waals surface area contributed by atoms with Crippen LogP contribution < -0.4 is 5.32 Å². The normalized spacial score (nSPS) is 11.2. The van der Waals surface area contributed by atoms with E-state index in [1.807, 2.05) is 0 Å². The molecule has 0 rings (SSSR count). The average Bonchev–Trinajstić information content (AvgIpc) is 2.22. The fourth-order valence-electron chi connectivity index (χ4n) is 0.804. The van der Waals surface area contributed by atoms with Crippen LogP contribution in [0.2, 0.25) is 0 Å². The van der Waals surface area contributed by atoms with Gasteiger partial charge in [0.25, 0.3) is 5.91 Å². The molecule has 0 saturated carbocycles. The van der Waals surface area contributed by atoms with Gasteiger partial charge in [0, 0.05) is 25.2 Å². The molecule has 0 atom stereocenters. The standard InChI is InChI=1S/C10H19NO4S/c1-10(2,15-3)9(14)11-5-7-16-6-4-8(12)13/h4-7H2,1-3H3,(H,11,14)(H,12,13). The molecule has 0 saturated heterocycles. The van der Waals surface area contributed by atoms with E-state index in [1.54, 1.807) is 13.8 Å².